The van der Waals surface area contributed by atoms with Gasteiger partial charge >= 0.3 is 0 Å². The van der Waals surface area contributed by atoms with Crippen molar-refractivity contribution >= 4 is 22.9 Å². The van der Waals surface area contributed by atoms with Crippen molar-refractivity contribution in [1.29, 1.82) is 0 Å². The maximum Gasteiger partial charge on any atom is 0.267 e. The molecule has 0 spiro atoms. The fraction of sp³-hybridized carbons (Fsp3) is 0.400. The third-order valence-corrected chi connectivity index (χ3v) is 6.76. The number of carbonyl (C=O) groups is 1. The Kier molecular flexibility index (Phi) is 7.43. The molecule has 0 unspecified atom stereocenters. The van der Waals surface area contributed by atoms with Gasteiger partial charge in [0.2, 0.25) is 0 Å². The summed E-state index contributed by atoms with van der Waals surface area (Å²) in [5, 5.41) is 5.16. The van der Waals surface area contributed by atoms with E-state index in [1.54, 1.807) is 11.3 Å². The van der Waals surface area contributed by atoms with E-state index in [9.17, 15) is 4.79 Å². The van der Waals surface area contributed by atoms with Crippen LogP contribution in [-0.4, -0.2) is 54.6 Å². The van der Waals surface area contributed by atoms with Crippen molar-refractivity contribution in [3.05, 3.63) is 76.2 Å². The first-order valence-corrected chi connectivity index (χ1v) is 12.1. The first-order valence-electron chi connectivity index (χ1n) is 11.2. The molecule has 4 rings (SSSR count). The second-order valence-electron chi connectivity index (χ2n) is 8.23. The number of nitrogens with one attached hydrogen (secondary N) is 1. The molecule has 0 bridgehead atoms. The van der Waals surface area contributed by atoms with Crippen LogP contribution >= 0.6 is 11.3 Å². The van der Waals surface area contributed by atoms with Gasteiger partial charge < -0.3 is 14.8 Å². The zero-order valence-electron chi connectivity index (χ0n) is 18.3. The number of thiophene rings is 1. The van der Waals surface area contributed by atoms with Gasteiger partial charge in [0.15, 0.2) is 0 Å². The maximum absolute atomic E-state index is 12.6. The van der Waals surface area contributed by atoms with E-state index < -0.39 is 0 Å². The van der Waals surface area contributed by atoms with Crippen LogP contribution in [0.3, 0.4) is 0 Å². The number of piperazine rings is 1. The number of nitrogens with zero attached hydrogens (tertiary/aromatic N) is 3. The van der Waals surface area contributed by atoms with Crippen LogP contribution in [0.1, 0.15) is 33.8 Å². The molecular formula is C25H32N4OS. The molecule has 31 heavy (non-hydrogen) atoms. The number of unbranched alkanes of at least 4 members (excludes halogenated alkanes) is 1. The van der Waals surface area contributed by atoms with Gasteiger partial charge in [-0.3, -0.25) is 9.69 Å². The molecule has 6 heteroatoms. The van der Waals surface area contributed by atoms with Gasteiger partial charge in [-0.1, -0.05) is 18.2 Å². The van der Waals surface area contributed by atoms with Crippen LogP contribution in [0.25, 0.3) is 0 Å². The number of anilines is 1. The van der Waals surface area contributed by atoms with Crippen molar-refractivity contribution in [1.82, 2.24) is 14.8 Å². The Balaban J connectivity index is 1.13. The van der Waals surface area contributed by atoms with Crippen molar-refractivity contribution in [2.24, 2.45) is 0 Å². The predicted octanol–water partition coefficient (Wildman–Crippen LogP) is 4.24. The normalized spacial score (nSPS) is 14.7. The quantitative estimate of drug-likeness (QED) is 0.510. The van der Waals surface area contributed by atoms with Crippen LogP contribution in [0, 0.1) is 6.92 Å². The molecule has 1 N–H and O–H groups in total. The summed E-state index contributed by atoms with van der Waals surface area (Å²) in [6.07, 6.45) is 4.10. The van der Waals surface area contributed by atoms with E-state index in [1.807, 2.05) is 29.0 Å². The molecule has 3 aromatic rings. The molecule has 1 aromatic carbocycles. The van der Waals surface area contributed by atoms with E-state index in [0.717, 1.165) is 64.3 Å². The van der Waals surface area contributed by atoms with Crippen LogP contribution < -0.4 is 10.2 Å². The highest BCUT2D eigenvalue weighted by Crippen LogP contribution is 2.18. The van der Waals surface area contributed by atoms with Gasteiger partial charge in [-0.15, -0.1) is 11.3 Å². The van der Waals surface area contributed by atoms with Crippen LogP contribution in [0.4, 0.5) is 5.69 Å². The fourth-order valence-electron chi connectivity index (χ4n) is 4.14. The third kappa shape index (κ3) is 5.99. The minimum absolute atomic E-state index is 0.0216. The Labute approximate surface area is 189 Å². The lowest BCUT2D eigenvalue weighted by Gasteiger charge is -2.36. The summed E-state index contributed by atoms with van der Waals surface area (Å²) in [7, 11) is 0. The van der Waals surface area contributed by atoms with Gasteiger partial charge in [0.25, 0.3) is 5.91 Å². The Bertz CT molecular complexity index is 958. The third-order valence-electron chi connectivity index (χ3n) is 5.89. The molecule has 0 saturated carbocycles. The van der Waals surface area contributed by atoms with Gasteiger partial charge in [-0.05, 0) is 67.6 Å². The molecule has 1 saturated heterocycles. The monoisotopic (exact) mass is 436 g/mol. The second-order valence-corrected chi connectivity index (χ2v) is 9.26. The van der Waals surface area contributed by atoms with Crippen molar-refractivity contribution < 1.29 is 4.79 Å². The first-order chi connectivity index (χ1) is 15.2. The summed E-state index contributed by atoms with van der Waals surface area (Å²) < 4.78 is 2.02. The van der Waals surface area contributed by atoms with Gasteiger partial charge in [0.1, 0.15) is 5.69 Å². The fourth-order valence-corrected chi connectivity index (χ4v) is 4.84. The molecule has 0 radical (unpaired) electrons. The van der Waals surface area contributed by atoms with E-state index in [0.29, 0.717) is 0 Å². The number of rotatable bonds is 9. The molecular weight excluding hydrogens is 404 g/mol. The smallest absolute Gasteiger partial charge is 0.267 e. The van der Waals surface area contributed by atoms with Crippen LogP contribution in [0.5, 0.6) is 0 Å². The van der Waals surface area contributed by atoms with Crippen molar-refractivity contribution in [2.45, 2.75) is 26.3 Å². The molecule has 164 valence electrons. The maximum atomic E-state index is 12.6. The van der Waals surface area contributed by atoms with Gasteiger partial charge in [-0.2, -0.15) is 0 Å². The minimum Gasteiger partial charge on any atom is -0.369 e. The summed E-state index contributed by atoms with van der Waals surface area (Å²) in [5.74, 6) is 0.0216. The first kappa shape index (κ1) is 21.7. The average Bonchev–Trinajstić information content (AvgIpc) is 3.46. The van der Waals surface area contributed by atoms with Gasteiger partial charge in [-0.25, -0.2) is 0 Å². The minimum atomic E-state index is 0.0216. The number of amides is 1. The van der Waals surface area contributed by atoms with E-state index in [-0.39, 0.29) is 5.91 Å². The number of benzene rings is 1. The van der Waals surface area contributed by atoms with Crippen LogP contribution in [0.15, 0.2) is 60.1 Å². The zero-order valence-corrected chi connectivity index (χ0v) is 19.1. The lowest BCUT2D eigenvalue weighted by Crippen LogP contribution is -2.46. The van der Waals surface area contributed by atoms with Crippen LogP contribution in [0.2, 0.25) is 0 Å². The van der Waals surface area contributed by atoms with Gasteiger partial charge in [0.05, 0.1) is 6.54 Å². The summed E-state index contributed by atoms with van der Waals surface area (Å²) >= 11 is 1.72. The molecule has 3 heterocycles. The summed E-state index contributed by atoms with van der Waals surface area (Å²) in [4.78, 5) is 18.9. The Morgan fingerprint density at radius 3 is 2.68 bits per heavy atom. The summed E-state index contributed by atoms with van der Waals surface area (Å²) in [6, 6.07) is 16.8. The molecule has 1 aliphatic heterocycles. The highest BCUT2D eigenvalue weighted by atomic mass is 32.1. The Morgan fingerprint density at radius 1 is 1.03 bits per heavy atom. The van der Waals surface area contributed by atoms with Crippen molar-refractivity contribution in [3.63, 3.8) is 0 Å². The summed E-state index contributed by atoms with van der Waals surface area (Å²) in [6.45, 7) is 9.12. The number of aromatic nitrogens is 1. The number of hydrogen-bond donors (Lipinski definition) is 1. The molecule has 2 aromatic heterocycles. The molecule has 0 aliphatic carbocycles. The molecule has 0 atom stereocenters. The van der Waals surface area contributed by atoms with E-state index in [1.165, 1.54) is 16.1 Å². The number of hydrogen-bond acceptors (Lipinski definition) is 4. The van der Waals surface area contributed by atoms with Crippen molar-refractivity contribution in [2.75, 3.05) is 44.2 Å². The standard InChI is InChI=1S/C25H32N4OS/c1-21-7-4-8-22(19-21)28-16-14-27(15-17-28)12-3-2-11-26-25(30)24-10-5-13-29(24)20-23-9-6-18-31-23/h4-10,13,18-19H,2-3,11-12,14-17,20H2,1H3,(H,26,30). The van der Waals surface area contributed by atoms with E-state index in [2.05, 4.69) is 57.8 Å². The SMILES string of the molecule is Cc1cccc(N2CCN(CCCCNC(=O)c3cccn3Cc3cccs3)CC2)c1. The molecule has 1 aliphatic rings. The zero-order chi connectivity index (χ0) is 21.5. The molecule has 1 fully saturated rings. The Hall–Kier alpha value is -2.57. The highest BCUT2D eigenvalue weighted by Gasteiger charge is 2.17. The largest absolute Gasteiger partial charge is 0.369 e. The lowest BCUT2D eigenvalue weighted by molar-refractivity contribution is 0.0943. The predicted molar refractivity (Wildman–Crippen MR) is 129 cm³/mol. The summed E-state index contributed by atoms with van der Waals surface area (Å²) in [5.41, 5.74) is 3.40. The van der Waals surface area contributed by atoms with E-state index >= 15 is 0 Å². The molecule has 1 amide bonds. The van der Waals surface area contributed by atoms with E-state index in [4.69, 9.17) is 0 Å². The highest BCUT2D eigenvalue weighted by molar-refractivity contribution is 7.09. The lowest BCUT2D eigenvalue weighted by atomic mass is 10.2. The Morgan fingerprint density at radius 2 is 1.90 bits per heavy atom. The number of carbonyl (C=O) groups excluding carboxylic acids is 1. The van der Waals surface area contributed by atoms with Crippen LogP contribution in [-0.2, 0) is 6.54 Å². The molecule has 5 nitrogen and oxygen atoms in total. The topological polar surface area (TPSA) is 40.5 Å². The second kappa shape index (κ2) is 10.6. The van der Waals surface area contributed by atoms with Gasteiger partial charge in [0, 0.05) is 49.5 Å². The van der Waals surface area contributed by atoms with Crippen molar-refractivity contribution in [3.8, 4) is 0 Å². The number of aryl methyl sites for hydroxylation is 1. The average molecular weight is 437 g/mol.